The third kappa shape index (κ3) is 3.92. The fourth-order valence-corrected chi connectivity index (χ4v) is 3.94. The molecule has 1 aliphatic rings. The molecular weight excluding hydrogens is 364 g/mol. The minimum atomic E-state index is -0.159. The fraction of sp³-hybridized carbons (Fsp3) is 0.391. The van der Waals surface area contributed by atoms with Crippen LogP contribution in [0.25, 0.3) is 5.65 Å². The van der Waals surface area contributed by atoms with E-state index in [1.807, 2.05) is 48.7 Å². The lowest BCUT2D eigenvalue weighted by molar-refractivity contribution is 0.102. The molecule has 0 radical (unpaired) electrons. The number of ether oxygens (including phenoxy) is 1. The van der Waals surface area contributed by atoms with Gasteiger partial charge in [-0.2, -0.15) is 0 Å². The number of amides is 1. The number of piperidine rings is 1. The molecule has 0 bridgehead atoms. The van der Waals surface area contributed by atoms with Gasteiger partial charge in [0.15, 0.2) is 11.4 Å². The number of imidazole rings is 1. The Bertz CT molecular complexity index is 988. The first-order valence-electron chi connectivity index (χ1n) is 10.5. The summed E-state index contributed by atoms with van der Waals surface area (Å²) in [6, 6.07) is 11.9. The smallest absolute Gasteiger partial charge is 0.274 e. The van der Waals surface area contributed by atoms with Crippen LogP contribution in [0.1, 0.15) is 49.3 Å². The van der Waals surface area contributed by atoms with Gasteiger partial charge in [0.05, 0.1) is 12.3 Å². The molecule has 0 atom stereocenters. The van der Waals surface area contributed by atoms with E-state index in [2.05, 4.69) is 27.3 Å². The monoisotopic (exact) mass is 392 g/mol. The van der Waals surface area contributed by atoms with Crippen molar-refractivity contribution in [3.63, 3.8) is 0 Å². The highest BCUT2D eigenvalue weighted by atomic mass is 16.5. The zero-order chi connectivity index (χ0) is 20.2. The van der Waals surface area contributed by atoms with Gasteiger partial charge in [-0.15, -0.1) is 0 Å². The largest absolute Gasteiger partial charge is 0.490 e. The van der Waals surface area contributed by atoms with Crippen LogP contribution in [0.2, 0.25) is 0 Å². The number of nitrogens with one attached hydrogen (secondary N) is 1. The molecule has 0 unspecified atom stereocenters. The SMILES string of the molecule is CCOc1cccn2c(C(=O)Nc3ccc(N4CCCCC4)cc3)c(CC)nc12. The highest BCUT2D eigenvalue weighted by Crippen LogP contribution is 2.25. The first-order chi connectivity index (χ1) is 14.2. The van der Waals surface area contributed by atoms with Gasteiger partial charge < -0.3 is 15.0 Å². The van der Waals surface area contributed by atoms with Gasteiger partial charge in [0.25, 0.3) is 5.91 Å². The molecule has 0 spiro atoms. The lowest BCUT2D eigenvalue weighted by Crippen LogP contribution is -2.29. The van der Waals surface area contributed by atoms with Crippen LogP contribution in [0.4, 0.5) is 11.4 Å². The van der Waals surface area contributed by atoms with Crippen molar-refractivity contribution in [2.45, 2.75) is 39.5 Å². The standard InChI is InChI=1S/C23H28N4O2/c1-3-19-21(27-16-8-9-20(29-4-2)22(27)25-19)23(28)24-17-10-12-18(13-11-17)26-14-6-5-7-15-26/h8-13,16H,3-7,14-15H2,1-2H3,(H,24,28). The van der Waals surface area contributed by atoms with Crippen LogP contribution >= 0.6 is 0 Å². The maximum absolute atomic E-state index is 13.1. The van der Waals surface area contributed by atoms with Gasteiger partial charge in [-0.3, -0.25) is 9.20 Å². The molecule has 0 aliphatic carbocycles. The molecule has 1 aliphatic heterocycles. The Kier molecular flexibility index (Phi) is 5.69. The van der Waals surface area contributed by atoms with Crippen molar-refractivity contribution in [3.8, 4) is 5.75 Å². The Labute approximate surface area is 171 Å². The van der Waals surface area contributed by atoms with E-state index in [0.29, 0.717) is 30.1 Å². The summed E-state index contributed by atoms with van der Waals surface area (Å²) in [6.07, 6.45) is 6.34. The summed E-state index contributed by atoms with van der Waals surface area (Å²) in [6.45, 7) is 6.71. The van der Waals surface area contributed by atoms with Gasteiger partial charge in [0.1, 0.15) is 5.69 Å². The second-order valence-corrected chi connectivity index (χ2v) is 7.31. The summed E-state index contributed by atoms with van der Waals surface area (Å²) in [7, 11) is 0. The third-order valence-corrected chi connectivity index (χ3v) is 5.38. The molecule has 0 saturated carbocycles. The molecule has 29 heavy (non-hydrogen) atoms. The zero-order valence-electron chi connectivity index (χ0n) is 17.1. The van der Waals surface area contributed by atoms with Crippen molar-refractivity contribution in [1.29, 1.82) is 0 Å². The number of anilines is 2. The highest BCUT2D eigenvalue weighted by Gasteiger charge is 2.20. The summed E-state index contributed by atoms with van der Waals surface area (Å²) in [5, 5.41) is 3.03. The van der Waals surface area contributed by atoms with Crippen molar-refractivity contribution >= 4 is 22.9 Å². The lowest BCUT2D eigenvalue weighted by atomic mass is 10.1. The maximum atomic E-state index is 13.1. The number of nitrogens with zero attached hydrogens (tertiary/aromatic N) is 3. The molecule has 6 heteroatoms. The summed E-state index contributed by atoms with van der Waals surface area (Å²) >= 11 is 0. The molecule has 1 fully saturated rings. The first-order valence-corrected chi connectivity index (χ1v) is 10.5. The molecule has 4 rings (SSSR count). The van der Waals surface area contributed by atoms with Crippen molar-refractivity contribution in [1.82, 2.24) is 9.38 Å². The van der Waals surface area contributed by atoms with E-state index in [0.717, 1.165) is 24.5 Å². The van der Waals surface area contributed by atoms with Gasteiger partial charge >= 0.3 is 0 Å². The van der Waals surface area contributed by atoms with E-state index < -0.39 is 0 Å². The lowest BCUT2D eigenvalue weighted by Gasteiger charge is -2.28. The van der Waals surface area contributed by atoms with Crippen LogP contribution in [0.15, 0.2) is 42.6 Å². The van der Waals surface area contributed by atoms with Gasteiger partial charge in [0, 0.05) is 30.7 Å². The maximum Gasteiger partial charge on any atom is 0.274 e. The number of carbonyl (C=O) groups excluding carboxylic acids is 1. The first kappa shape index (κ1) is 19.3. The molecular formula is C23H28N4O2. The summed E-state index contributed by atoms with van der Waals surface area (Å²) in [5.41, 5.74) is 4.00. The second kappa shape index (κ2) is 8.55. The van der Waals surface area contributed by atoms with Crippen LogP contribution < -0.4 is 15.0 Å². The number of hydrogen-bond donors (Lipinski definition) is 1. The molecule has 1 aromatic carbocycles. The predicted molar refractivity (Wildman–Crippen MR) is 116 cm³/mol. The number of benzene rings is 1. The number of aryl methyl sites for hydroxylation is 1. The van der Waals surface area contributed by atoms with E-state index in [4.69, 9.17) is 4.74 Å². The number of hydrogen-bond acceptors (Lipinski definition) is 4. The van der Waals surface area contributed by atoms with Gasteiger partial charge in [-0.05, 0) is 69.0 Å². The third-order valence-electron chi connectivity index (χ3n) is 5.38. The molecule has 1 N–H and O–H groups in total. The van der Waals surface area contributed by atoms with Crippen LogP contribution in [0.3, 0.4) is 0 Å². The summed E-state index contributed by atoms with van der Waals surface area (Å²) in [4.78, 5) is 20.2. The molecule has 2 aromatic heterocycles. The number of fused-ring (bicyclic) bond motifs is 1. The quantitative estimate of drug-likeness (QED) is 0.669. The Morgan fingerprint density at radius 3 is 2.55 bits per heavy atom. The predicted octanol–water partition coefficient (Wildman–Crippen LogP) is 4.54. The Hall–Kier alpha value is -3.02. The summed E-state index contributed by atoms with van der Waals surface area (Å²) < 4.78 is 7.50. The van der Waals surface area contributed by atoms with Crippen molar-refractivity contribution in [3.05, 3.63) is 54.0 Å². The van der Waals surface area contributed by atoms with Crippen LogP contribution in [0.5, 0.6) is 5.75 Å². The van der Waals surface area contributed by atoms with Crippen LogP contribution in [-0.2, 0) is 6.42 Å². The van der Waals surface area contributed by atoms with Gasteiger partial charge in [0.2, 0.25) is 0 Å². The van der Waals surface area contributed by atoms with E-state index in [1.165, 1.54) is 24.9 Å². The number of carbonyl (C=O) groups is 1. The average molecular weight is 393 g/mol. The van der Waals surface area contributed by atoms with E-state index in [9.17, 15) is 4.79 Å². The molecule has 1 saturated heterocycles. The highest BCUT2D eigenvalue weighted by molar-refractivity contribution is 6.04. The number of aromatic nitrogens is 2. The van der Waals surface area contributed by atoms with Crippen molar-refractivity contribution < 1.29 is 9.53 Å². The number of rotatable bonds is 6. The minimum Gasteiger partial charge on any atom is -0.490 e. The van der Waals surface area contributed by atoms with Gasteiger partial charge in [-0.25, -0.2) is 4.98 Å². The summed E-state index contributed by atoms with van der Waals surface area (Å²) in [5.74, 6) is 0.531. The Balaban J connectivity index is 1.58. The Morgan fingerprint density at radius 1 is 1.10 bits per heavy atom. The van der Waals surface area contributed by atoms with E-state index in [1.54, 1.807) is 0 Å². The molecule has 3 heterocycles. The van der Waals surface area contributed by atoms with Crippen LogP contribution in [-0.4, -0.2) is 35.0 Å². The van der Waals surface area contributed by atoms with Crippen molar-refractivity contribution in [2.24, 2.45) is 0 Å². The molecule has 152 valence electrons. The van der Waals surface area contributed by atoms with Gasteiger partial charge in [-0.1, -0.05) is 6.92 Å². The second-order valence-electron chi connectivity index (χ2n) is 7.31. The van der Waals surface area contributed by atoms with Crippen molar-refractivity contribution in [2.75, 3.05) is 29.9 Å². The minimum absolute atomic E-state index is 0.159. The molecule has 1 amide bonds. The Morgan fingerprint density at radius 2 is 1.86 bits per heavy atom. The average Bonchev–Trinajstić information content (AvgIpc) is 3.15. The topological polar surface area (TPSA) is 58.9 Å². The van der Waals surface area contributed by atoms with E-state index in [-0.39, 0.29) is 5.91 Å². The normalized spacial score (nSPS) is 14.2. The number of pyridine rings is 1. The van der Waals surface area contributed by atoms with Crippen LogP contribution in [0, 0.1) is 0 Å². The van der Waals surface area contributed by atoms with E-state index >= 15 is 0 Å². The molecule has 6 nitrogen and oxygen atoms in total. The molecule has 3 aromatic rings. The zero-order valence-corrected chi connectivity index (χ0v) is 17.1. The fourth-order valence-electron chi connectivity index (χ4n) is 3.94.